The van der Waals surface area contributed by atoms with Crippen molar-refractivity contribution in [1.29, 1.82) is 0 Å². The smallest absolute Gasteiger partial charge is 0.250 e. The van der Waals surface area contributed by atoms with Crippen LogP contribution in [0.15, 0.2) is 53.6 Å². The molecule has 31 heavy (non-hydrogen) atoms. The summed E-state index contributed by atoms with van der Waals surface area (Å²) in [5.41, 5.74) is 7.44. The van der Waals surface area contributed by atoms with Crippen LogP contribution in [-0.2, 0) is 10.5 Å². The lowest BCUT2D eigenvalue weighted by Crippen LogP contribution is -2.19. The minimum atomic E-state index is -0.149. The van der Waals surface area contributed by atoms with Gasteiger partial charge in [-0.3, -0.25) is 4.79 Å². The van der Waals surface area contributed by atoms with Gasteiger partial charge in [-0.1, -0.05) is 35.3 Å². The maximum absolute atomic E-state index is 12.1. The average molecular weight is 476 g/mol. The summed E-state index contributed by atoms with van der Waals surface area (Å²) in [5.74, 6) is 1.73. The maximum atomic E-state index is 12.1. The van der Waals surface area contributed by atoms with E-state index in [4.69, 9.17) is 27.9 Å². The van der Waals surface area contributed by atoms with E-state index in [9.17, 15) is 4.79 Å². The zero-order chi connectivity index (χ0) is 22.4. The molecule has 5 nitrogen and oxygen atoms in total. The first-order valence-electron chi connectivity index (χ1n) is 9.56. The first-order chi connectivity index (χ1) is 14.9. The molecular weight excluding hydrogens is 453 g/mol. The highest BCUT2D eigenvalue weighted by atomic mass is 35.5. The number of aryl methyl sites for hydroxylation is 1. The van der Waals surface area contributed by atoms with Gasteiger partial charge < -0.3 is 9.30 Å². The number of hydrogen-bond acceptors (Lipinski definition) is 4. The van der Waals surface area contributed by atoms with E-state index < -0.39 is 0 Å². The fourth-order valence-corrected chi connectivity index (χ4v) is 4.41. The molecule has 0 aliphatic rings. The van der Waals surface area contributed by atoms with Gasteiger partial charge in [-0.15, -0.1) is 11.8 Å². The van der Waals surface area contributed by atoms with Crippen LogP contribution in [0.4, 0.5) is 0 Å². The lowest BCUT2D eigenvalue weighted by molar-refractivity contribution is -0.118. The molecule has 0 radical (unpaired) electrons. The van der Waals surface area contributed by atoms with Crippen LogP contribution in [0, 0.1) is 13.8 Å². The Bertz CT molecular complexity index is 1090. The number of hydrazone groups is 1. The van der Waals surface area contributed by atoms with Crippen molar-refractivity contribution in [2.75, 3.05) is 12.9 Å². The number of aromatic nitrogens is 1. The van der Waals surface area contributed by atoms with Crippen LogP contribution >= 0.6 is 35.0 Å². The van der Waals surface area contributed by atoms with Gasteiger partial charge >= 0.3 is 0 Å². The summed E-state index contributed by atoms with van der Waals surface area (Å²) in [7, 11) is 1.64. The van der Waals surface area contributed by atoms with E-state index in [0.717, 1.165) is 39.7 Å². The molecule has 1 N–H and O–H groups in total. The topological polar surface area (TPSA) is 55.6 Å². The number of thioether (sulfide) groups is 1. The van der Waals surface area contributed by atoms with Crippen molar-refractivity contribution in [3.8, 4) is 11.4 Å². The summed E-state index contributed by atoms with van der Waals surface area (Å²) in [6, 6.07) is 15.2. The third kappa shape index (κ3) is 6.06. The van der Waals surface area contributed by atoms with Crippen LogP contribution in [0.3, 0.4) is 0 Å². The molecule has 8 heteroatoms. The van der Waals surface area contributed by atoms with E-state index in [-0.39, 0.29) is 5.91 Å². The van der Waals surface area contributed by atoms with E-state index in [2.05, 4.69) is 10.5 Å². The zero-order valence-electron chi connectivity index (χ0n) is 17.5. The monoisotopic (exact) mass is 475 g/mol. The first kappa shape index (κ1) is 23.3. The number of ether oxygens (including phenoxy) is 1. The van der Waals surface area contributed by atoms with Crippen molar-refractivity contribution in [2.45, 2.75) is 19.6 Å². The largest absolute Gasteiger partial charge is 0.497 e. The van der Waals surface area contributed by atoms with Crippen LogP contribution in [0.25, 0.3) is 5.69 Å². The summed E-state index contributed by atoms with van der Waals surface area (Å²) in [5, 5.41) is 5.27. The van der Waals surface area contributed by atoms with Crippen molar-refractivity contribution in [3.63, 3.8) is 0 Å². The Morgan fingerprint density at radius 2 is 1.90 bits per heavy atom. The molecule has 0 bridgehead atoms. The molecule has 1 aromatic heterocycles. The number of nitrogens with one attached hydrogen (secondary N) is 1. The van der Waals surface area contributed by atoms with E-state index in [1.54, 1.807) is 25.5 Å². The molecule has 3 aromatic rings. The Morgan fingerprint density at radius 3 is 2.58 bits per heavy atom. The molecule has 1 amide bonds. The average Bonchev–Trinajstić information content (AvgIpc) is 3.02. The van der Waals surface area contributed by atoms with Crippen molar-refractivity contribution in [3.05, 3.63) is 81.1 Å². The van der Waals surface area contributed by atoms with Crippen LogP contribution in [0.2, 0.25) is 10.0 Å². The highest BCUT2D eigenvalue weighted by Crippen LogP contribution is 2.28. The molecule has 0 aliphatic heterocycles. The molecule has 0 unspecified atom stereocenters. The quantitative estimate of drug-likeness (QED) is 0.331. The Morgan fingerprint density at radius 1 is 1.16 bits per heavy atom. The Kier molecular flexibility index (Phi) is 8.07. The molecule has 0 atom stereocenters. The van der Waals surface area contributed by atoms with Crippen molar-refractivity contribution < 1.29 is 9.53 Å². The van der Waals surface area contributed by atoms with E-state index >= 15 is 0 Å². The maximum Gasteiger partial charge on any atom is 0.250 e. The Labute approximate surface area is 196 Å². The van der Waals surface area contributed by atoms with Gasteiger partial charge in [0, 0.05) is 27.7 Å². The van der Waals surface area contributed by atoms with E-state index in [1.165, 1.54) is 11.8 Å². The molecule has 162 valence electrons. The minimum absolute atomic E-state index is 0.149. The molecular formula is C23H23Cl2N3O2S. The predicted octanol–water partition coefficient (Wildman–Crippen LogP) is 5.79. The number of amides is 1. The van der Waals surface area contributed by atoms with E-state index in [1.807, 2.05) is 54.8 Å². The fraction of sp³-hybridized carbons (Fsp3) is 0.217. The second-order valence-electron chi connectivity index (χ2n) is 6.89. The number of carbonyl (C=O) groups excluding carboxylic acids is 1. The zero-order valence-corrected chi connectivity index (χ0v) is 19.8. The summed E-state index contributed by atoms with van der Waals surface area (Å²) < 4.78 is 7.18. The van der Waals surface area contributed by atoms with Gasteiger partial charge in [0.1, 0.15) is 5.75 Å². The summed E-state index contributed by atoms with van der Waals surface area (Å²) >= 11 is 13.9. The number of carbonyl (C=O) groups is 1. The van der Waals surface area contributed by atoms with Crippen molar-refractivity contribution >= 4 is 47.1 Å². The second-order valence-corrected chi connectivity index (χ2v) is 8.72. The first-order valence-corrected chi connectivity index (χ1v) is 11.5. The van der Waals surface area contributed by atoms with Gasteiger partial charge in [-0.2, -0.15) is 5.10 Å². The van der Waals surface area contributed by atoms with Crippen LogP contribution < -0.4 is 10.2 Å². The third-order valence-electron chi connectivity index (χ3n) is 4.67. The van der Waals surface area contributed by atoms with Gasteiger partial charge in [-0.05, 0) is 55.8 Å². The number of halogens is 2. The van der Waals surface area contributed by atoms with Crippen molar-refractivity contribution in [2.24, 2.45) is 5.10 Å². The highest BCUT2D eigenvalue weighted by Gasteiger charge is 2.12. The molecule has 3 rings (SSSR count). The van der Waals surface area contributed by atoms with Crippen LogP contribution in [0.1, 0.15) is 22.5 Å². The van der Waals surface area contributed by atoms with Crippen molar-refractivity contribution in [1.82, 2.24) is 9.99 Å². The number of rotatable bonds is 8. The molecule has 0 aliphatic carbocycles. The molecule has 0 fully saturated rings. The number of hydrogen-bond donors (Lipinski definition) is 1. The molecule has 0 spiro atoms. The van der Waals surface area contributed by atoms with Gasteiger partial charge in [0.15, 0.2) is 0 Å². The fourth-order valence-electron chi connectivity index (χ4n) is 3.14. The summed E-state index contributed by atoms with van der Waals surface area (Å²) in [6.45, 7) is 3.97. The number of methoxy groups -OCH3 is 1. The number of nitrogens with zero attached hydrogens (tertiary/aromatic N) is 2. The predicted molar refractivity (Wildman–Crippen MR) is 130 cm³/mol. The molecule has 0 saturated heterocycles. The molecule has 2 aromatic carbocycles. The SMILES string of the molecule is COc1ccc(CSCC(=O)N/N=C/c2cc(C)n(-c3ccc(Cl)cc3Cl)c2C)cc1. The van der Waals surface area contributed by atoms with Gasteiger partial charge in [-0.25, -0.2) is 5.43 Å². The molecule has 0 saturated carbocycles. The van der Waals surface area contributed by atoms with Gasteiger partial charge in [0.05, 0.1) is 29.8 Å². The third-order valence-corrected chi connectivity index (χ3v) is 6.22. The van der Waals surface area contributed by atoms with Gasteiger partial charge in [0.2, 0.25) is 5.91 Å². The summed E-state index contributed by atoms with van der Waals surface area (Å²) in [4.78, 5) is 12.1. The molecule has 1 heterocycles. The lowest BCUT2D eigenvalue weighted by Gasteiger charge is -2.11. The van der Waals surface area contributed by atoms with E-state index in [0.29, 0.717) is 15.8 Å². The lowest BCUT2D eigenvalue weighted by atomic mass is 10.2. The minimum Gasteiger partial charge on any atom is -0.497 e. The highest BCUT2D eigenvalue weighted by molar-refractivity contribution is 7.99. The Balaban J connectivity index is 1.56. The van der Waals surface area contributed by atoms with Gasteiger partial charge in [0.25, 0.3) is 0 Å². The normalized spacial score (nSPS) is 11.1. The summed E-state index contributed by atoms with van der Waals surface area (Å²) in [6.07, 6.45) is 1.65. The second kappa shape index (κ2) is 10.8. The Hall–Kier alpha value is -2.41. The number of benzene rings is 2. The van der Waals surface area contributed by atoms with Crippen LogP contribution in [-0.4, -0.2) is 29.6 Å². The standard InChI is InChI=1S/C23H23Cl2N3O2S/c1-15-10-18(16(2)28(15)22-9-6-19(24)11-21(22)25)12-26-27-23(29)14-31-13-17-4-7-20(30-3)8-5-17/h4-12H,13-14H2,1-3H3,(H,27,29)/b26-12+. The van der Waals surface area contributed by atoms with Crippen LogP contribution in [0.5, 0.6) is 5.75 Å².